The summed E-state index contributed by atoms with van der Waals surface area (Å²) < 4.78 is 39.9. The van der Waals surface area contributed by atoms with E-state index in [-0.39, 0.29) is 29.4 Å². The van der Waals surface area contributed by atoms with Crippen molar-refractivity contribution in [2.75, 3.05) is 26.0 Å². The Hall–Kier alpha value is -1.80. The van der Waals surface area contributed by atoms with E-state index in [0.29, 0.717) is 18.8 Å². The number of methoxy groups -OCH3 is 1. The van der Waals surface area contributed by atoms with E-state index in [1.165, 1.54) is 14.0 Å². The van der Waals surface area contributed by atoms with Gasteiger partial charge in [0.05, 0.1) is 19.0 Å². The molecule has 1 atom stereocenters. The molecular formula is C20H29NO6S. The van der Waals surface area contributed by atoms with Crippen LogP contribution in [-0.4, -0.2) is 51.3 Å². The van der Waals surface area contributed by atoms with Crippen LogP contribution in [0.4, 0.5) is 0 Å². The van der Waals surface area contributed by atoms with Crippen LogP contribution >= 0.6 is 0 Å². The van der Waals surface area contributed by atoms with Crippen LogP contribution in [0.25, 0.3) is 0 Å². The number of amides is 1. The molecule has 0 bridgehead atoms. The van der Waals surface area contributed by atoms with Crippen LogP contribution in [0.3, 0.4) is 0 Å². The summed E-state index contributed by atoms with van der Waals surface area (Å²) in [4.78, 5) is 14.8. The van der Waals surface area contributed by atoms with E-state index in [1.54, 1.807) is 12.1 Å². The highest BCUT2D eigenvalue weighted by atomic mass is 32.2. The van der Waals surface area contributed by atoms with Gasteiger partial charge in [0.15, 0.2) is 11.5 Å². The number of carbonyl (C=O) groups excluding carboxylic acids is 1. The van der Waals surface area contributed by atoms with Gasteiger partial charge in [-0.3, -0.25) is 4.79 Å². The molecule has 156 valence electrons. The number of nitrogens with zero attached hydrogens (tertiary/aromatic N) is 1. The van der Waals surface area contributed by atoms with Gasteiger partial charge in [-0.05, 0) is 50.3 Å². The molecule has 1 aliphatic heterocycles. The molecule has 8 heteroatoms. The van der Waals surface area contributed by atoms with Crippen molar-refractivity contribution < 1.29 is 26.9 Å². The third-order valence-electron chi connectivity index (χ3n) is 5.39. The standard InChI is InChI=1S/C20H29NO6S/c1-3-28(23,24)27-19-12-15(9-10-18(19)25-2)13-21(14-17-8-5-11-26-17)20(22)16-6-4-7-16/h9-10,12,16-17H,3-8,11,13-14H2,1-2H3/t17-/m0/s1. The number of ether oxygens (including phenoxy) is 2. The molecule has 1 aromatic carbocycles. The Morgan fingerprint density at radius 3 is 2.57 bits per heavy atom. The van der Waals surface area contributed by atoms with Gasteiger partial charge in [0, 0.05) is 25.6 Å². The monoisotopic (exact) mass is 411 g/mol. The molecule has 0 aromatic heterocycles. The summed E-state index contributed by atoms with van der Waals surface area (Å²) in [5, 5.41) is 0. The van der Waals surface area contributed by atoms with Gasteiger partial charge in [0.1, 0.15) is 0 Å². The van der Waals surface area contributed by atoms with Crippen molar-refractivity contribution >= 4 is 16.0 Å². The van der Waals surface area contributed by atoms with Gasteiger partial charge < -0.3 is 18.6 Å². The Balaban J connectivity index is 1.79. The van der Waals surface area contributed by atoms with Crippen LogP contribution in [0, 0.1) is 5.92 Å². The predicted molar refractivity (Wildman–Crippen MR) is 105 cm³/mol. The first-order valence-corrected chi connectivity index (χ1v) is 11.5. The van der Waals surface area contributed by atoms with E-state index in [1.807, 2.05) is 11.0 Å². The highest BCUT2D eigenvalue weighted by molar-refractivity contribution is 7.87. The van der Waals surface area contributed by atoms with Crippen molar-refractivity contribution in [3.8, 4) is 11.5 Å². The maximum absolute atomic E-state index is 12.9. The van der Waals surface area contributed by atoms with Crippen LogP contribution in [-0.2, 0) is 26.2 Å². The maximum atomic E-state index is 12.9. The lowest BCUT2D eigenvalue weighted by Gasteiger charge is -2.33. The Morgan fingerprint density at radius 1 is 1.21 bits per heavy atom. The third-order valence-corrected chi connectivity index (χ3v) is 6.53. The molecule has 1 aliphatic carbocycles. The van der Waals surface area contributed by atoms with Crippen LogP contribution in [0.1, 0.15) is 44.6 Å². The minimum atomic E-state index is -3.67. The van der Waals surface area contributed by atoms with E-state index in [0.717, 1.165) is 44.3 Å². The lowest BCUT2D eigenvalue weighted by molar-refractivity contribution is -0.140. The van der Waals surface area contributed by atoms with Crippen molar-refractivity contribution in [3.63, 3.8) is 0 Å². The van der Waals surface area contributed by atoms with Crippen molar-refractivity contribution in [1.82, 2.24) is 4.90 Å². The highest BCUT2D eigenvalue weighted by Gasteiger charge is 2.31. The summed E-state index contributed by atoms with van der Waals surface area (Å²) in [6, 6.07) is 5.15. The first-order valence-electron chi connectivity index (χ1n) is 9.91. The molecule has 0 N–H and O–H groups in total. The first-order chi connectivity index (χ1) is 13.4. The largest absolute Gasteiger partial charge is 0.493 e. The lowest BCUT2D eigenvalue weighted by Crippen LogP contribution is -2.42. The summed E-state index contributed by atoms with van der Waals surface area (Å²) >= 11 is 0. The lowest BCUT2D eigenvalue weighted by atomic mass is 9.84. The van der Waals surface area contributed by atoms with Crippen LogP contribution in [0.5, 0.6) is 11.5 Å². The highest BCUT2D eigenvalue weighted by Crippen LogP contribution is 2.32. The maximum Gasteiger partial charge on any atom is 0.309 e. The molecule has 7 nitrogen and oxygen atoms in total. The van der Waals surface area contributed by atoms with E-state index >= 15 is 0 Å². The molecule has 0 spiro atoms. The SMILES string of the molecule is CCS(=O)(=O)Oc1cc(CN(C[C@@H]2CCCO2)C(=O)C2CCC2)ccc1OC. The third kappa shape index (κ3) is 5.17. The average molecular weight is 412 g/mol. The smallest absolute Gasteiger partial charge is 0.309 e. The van der Waals surface area contributed by atoms with Crippen LogP contribution in [0.15, 0.2) is 18.2 Å². The van der Waals surface area contributed by atoms with E-state index in [2.05, 4.69) is 0 Å². The topological polar surface area (TPSA) is 82.1 Å². The van der Waals surface area contributed by atoms with Gasteiger partial charge >= 0.3 is 10.1 Å². The minimum Gasteiger partial charge on any atom is -0.493 e. The fourth-order valence-corrected chi connectivity index (χ4v) is 4.00. The molecule has 2 aliphatic rings. The Bertz CT molecular complexity index is 784. The van der Waals surface area contributed by atoms with Crippen LogP contribution < -0.4 is 8.92 Å². The van der Waals surface area contributed by atoms with Crippen molar-refractivity contribution in [2.45, 2.75) is 51.7 Å². The van der Waals surface area contributed by atoms with Gasteiger partial charge in [-0.15, -0.1) is 0 Å². The molecule has 1 heterocycles. The van der Waals surface area contributed by atoms with Gasteiger partial charge in [-0.25, -0.2) is 0 Å². The molecule has 0 radical (unpaired) electrons. The van der Waals surface area contributed by atoms with E-state index < -0.39 is 10.1 Å². The second kappa shape index (κ2) is 9.13. The van der Waals surface area contributed by atoms with E-state index in [4.69, 9.17) is 13.7 Å². The Labute approximate surface area is 167 Å². The quantitative estimate of drug-likeness (QED) is 0.581. The van der Waals surface area contributed by atoms with Crippen molar-refractivity contribution in [1.29, 1.82) is 0 Å². The molecular weight excluding hydrogens is 382 g/mol. The van der Waals surface area contributed by atoms with Crippen molar-refractivity contribution in [3.05, 3.63) is 23.8 Å². The Morgan fingerprint density at radius 2 is 2.00 bits per heavy atom. The first kappa shape index (κ1) is 20.9. The number of hydrogen-bond donors (Lipinski definition) is 0. The zero-order valence-corrected chi connectivity index (χ0v) is 17.4. The molecule has 3 rings (SSSR count). The second-order valence-electron chi connectivity index (χ2n) is 7.40. The van der Waals surface area contributed by atoms with Gasteiger partial charge in [-0.2, -0.15) is 8.42 Å². The molecule has 1 amide bonds. The summed E-state index contributed by atoms with van der Waals surface area (Å²) in [7, 11) is -2.21. The minimum absolute atomic E-state index is 0.0680. The molecule has 1 saturated carbocycles. The number of benzene rings is 1. The summed E-state index contributed by atoms with van der Waals surface area (Å²) in [6.45, 7) is 3.21. The fraction of sp³-hybridized carbons (Fsp3) is 0.650. The molecule has 1 saturated heterocycles. The second-order valence-corrected chi connectivity index (χ2v) is 9.26. The molecule has 28 heavy (non-hydrogen) atoms. The van der Waals surface area contributed by atoms with Crippen LogP contribution in [0.2, 0.25) is 0 Å². The van der Waals surface area contributed by atoms with E-state index in [9.17, 15) is 13.2 Å². The molecule has 2 fully saturated rings. The zero-order valence-electron chi connectivity index (χ0n) is 16.6. The Kier molecular flexibility index (Phi) is 6.82. The summed E-state index contributed by atoms with van der Waals surface area (Å²) in [5.41, 5.74) is 0.799. The number of rotatable bonds is 9. The normalized spacial score (nSPS) is 19.9. The molecule has 1 aromatic rings. The predicted octanol–water partition coefficient (Wildman–Crippen LogP) is 2.73. The molecule has 0 unspecified atom stereocenters. The average Bonchev–Trinajstić information content (AvgIpc) is 3.13. The van der Waals surface area contributed by atoms with Gasteiger partial charge in [0.2, 0.25) is 5.91 Å². The summed E-state index contributed by atoms with van der Waals surface area (Å²) in [5.74, 6) is 0.606. The fourth-order valence-electron chi connectivity index (χ4n) is 3.48. The van der Waals surface area contributed by atoms with Crippen molar-refractivity contribution in [2.24, 2.45) is 5.92 Å². The zero-order chi connectivity index (χ0) is 20.1. The van der Waals surface area contributed by atoms with Gasteiger partial charge in [-0.1, -0.05) is 12.5 Å². The number of carbonyl (C=O) groups is 1. The van der Waals surface area contributed by atoms with Gasteiger partial charge in [0.25, 0.3) is 0 Å². The summed E-state index contributed by atoms with van der Waals surface area (Å²) in [6.07, 6.45) is 5.02. The number of hydrogen-bond acceptors (Lipinski definition) is 6.